The molecule has 0 aromatic heterocycles. The van der Waals surface area contributed by atoms with E-state index in [4.69, 9.17) is 9.47 Å². The van der Waals surface area contributed by atoms with E-state index < -0.39 is 5.97 Å². The van der Waals surface area contributed by atoms with Crippen LogP contribution in [0.3, 0.4) is 0 Å². The third-order valence-corrected chi connectivity index (χ3v) is 5.13. The highest BCUT2D eigenvalue weighted by Gasteiger charge is 2.25. The van der Waals surface area contributed by atoms with Gasteiger partial charge in [-0.2, -0.15) is 0 Å². The minimum atomic E-state index is -0.602. The molecule has 0 bridgehead atoms. The summed E-state index contributed by atoms with van der Waals surface area (Å²) in [5.41, 5.74) is 3.33. The molecule has 1 aliphatic rings. The molecular formula is C25H21NO5. The lowest BCUT2D eigenvalue weighted by atomic mass is 10.1. The Balaban J connectivity index is 1.35. The van der Waals surface area contributed by atoms with Crippen molar-refractivity contribution in [3.8, 4) is 5.75 Å². The van der Waals surface area contributed by atoms with Crippen LogP contribution in [0.1, 0.15) is 31.8 Å². The molecule has 0 radical (unpaired) electrons. The van der Waals surface area contributed by atoms with Crippen LogP contribution in [0.2, 0.25) is 0 Å². The SMILES string of the molecule is CN1C(=O)Cc2cc(C(=O)COC(=O)c3cccc(OCc4ccccc4)c3)ccc21. The Bertz CT molecular complexity index is 1140. The Morgan fingerprint density at radius 2 is 1.74 bits per heavy atom. The molecule has 0 saturated carbocycles. The Labute approximate surface area is 180 Å². The molecule has 0 saturated heterocycles. The summed E-state index contributed by atoms with van der Waals surface area (Å²) in [7, 11) is 1.70. The summed E-state index contributed by atoms with van der Waals surface area (Å²) in [5.74, 6) is -0.401. The van der Waals surface area contributed by atoms with Gasteiger partial charge in [0.05, 0.1) is 12.0 Å². The summed E-state index contributed by atoms with van der Waals surface area (Å²) in [4.78, 5) is 38.2. The van der Waals surface area contributed by atoms with Gasteiger partial charge in [-0.15, -0.1) is 0 Å². The lowest BCUT2D eigenvalue weighted by molar-refractivity contribution is -0.117. The second-order valence-corrected chi connectivity index (χ2v) is 7.27. The van der Waals surface area contributed by atoms with Crippen molar-refractivity contribution in [2.45, 2.75) is 13.0 Å². The van der Waals surface area contributed by atoms with Gasteiger partial charge in [0.25, 0.3) is 0 Å². The number of fused-ring (bicyclic) bond motifs is 1. The first-order valence-electron chi connectivity index (χ1n) is 9.88. The highest BCUT2D eigenvalue weighted by molar-refractivity contribution is 6.04. The van der Waals surface area contributed by atoms with E-state index in [0.29, 0.717) is 23.5 Å². The van der Waals surface area contributed by atoms with Crippen LogP contribution in [0.25, 0.3) is 0 Å². The minimum Gasteiger partial charge on any atom is -0.489 e. The van der Waals surface area contributed by atoms with Gasteiger partial charge in [-0.25, -0.2) is 4.79 Å². The summed E-state index contributed by atoms with van der Waals surface area (Å²) in [6.45, 7) is 0.00432. The van der Waals surface area contributed by atoms with Crippen LogP contribution in [-0.2, 0) is 22.6 Å². The van der Waals surface area contributed by atoms with Gasteiger partial charge >= 0.3 is 5.97 Å². The van der Waals surface area contributed by atoms with Crippen LogP contribution in [-0.4, -0.2) is 31.3 Å². The minimum absolute atomic E-state index is 0.0135. The van der Waals surface area contributed by atoms with Crippen molar-refractivity contribution >= 4 is 23.3 Å². The molecule has 1 amide bonds. The largest absolute Gasteiger partial charge is 0.489 e. The molecule has 0 atom stereocenters. The maximum Gasteiger partial charge on any atom is 0.338 e. The first kappa shape index (κ1) is 20.3. The first-order chi connectivity index (χ1) is 15.0. The van der Waals surface area contributed by atoms with Crippen molar-refractivity contribution < 1.29 is 23.9 Å². The average Bonchev–Trinajstić information content (AvgIpc) is 3.09. The Morgan fingerprint density at radius 3 is 2.55 bits per heavy atom. The van der Waals surface area contributed by atoms with Crippen LogP contribution < -0.4 is 9.64 Å². The Kier molecular flexibility index (Phi) is 5.80. The highest BCUT2D eigenvalue weighted by Crippen LogP contribution is 2.28. The fraction of sp³-hybridized carbons (Fsp3) is 0.160. The number of carbonyl (C=O) groups excluding carboxylic acids is 3. The third kappa shape index (κ3) is 4.64. The van der Waals surface area contributed by atoms with Gasteiger partial charge in [0, 0.05) is 18.3 Å². The molecule has 3 aromatic carbocycles. The quantitative estimate of drug-likeness (QED) is 0.433. The predicted octanol–water partition coefficient (Wildman–Crippen LogP) is 3.82. The van der Waals surface area contributed by atoms with Crippen molar-refractivity contribution in [2.75, 3.05) is 18.6 Å². The van der Waals surface area contributed by atoms with Gasteiger partial charge in [0.2, 0.25) is 5.91 Å². The molecule has 156 valence electrons. The molecule has 0 aliphatic carbocycles. The summed E-state index contributed by atoms with van der Waals surface area (Å²) in [5, 5.41) is 0. The molecule has 0 unspecified atom stereocenters. The molecular weight excluding hydrogens is 394 g/mol. The van der Waals surface area contributed by atoms with Crippen molar-refractivity contribution in [1.82, 2.24) is 0 Å². The molecule has 3 aromatic rings. The van der Waals surface area contributed by atoms with Gasteiger partial charge in [-0.1, -0.05) is 36.4 Å². The number of amides is 1. The van der Waals surface area contributed by atoms with Crippen molar-refractivity contribution in [3.05, 3.63) is 95.1 Å². The fourth-order valence-electron chi connectivity index (χ4n) is 3.40. The standard InChI is InChI=1S/C25H21NO5/c1-26-22-11-10-18(12-20(22)14-24(26)28)23(27)16-31-25(29)19-8-5-9-21(13-19)30-15-17-6-3-2-4-7-17/h2-13H,14-16H2,1H3. The molecule has 0 N–H and O–H groups in total. The van der Waals surface area contributed by atoms with Gasteiger partial charge in [-0.05, 0) is 47.5 Å². The molecule has 4 rings (SSSR count). The molecule has 6 heteroatoms. The smallest absolute Gasteiger partial charge is 0.338 e. The maximum absolute atomic E-state index is 12.5. The monoisotopic (exact) mass is 415 g/mol. The number of ketones is 1. The lowest BCUT2D eigenvalue weighted by Crippen LogP contribution is -2.20. The van der Waals surface area contributed by atoms with Crippen molar-refractivity contribution in [3.63, 3.8) is 0 Å². The van der Waals surface area contributed by atoms with E-state index in [9.17, 15) is 14.4 Å². The molecule has 1 aliphatic heterocycles. The number of hydrogen-bond acceptors (Lipinski definition) is 5. The number of nitrogens with zero attached hydrogens (tertiary/aromatic N) is 1. The number of ether oxygens (including phenoxy) is 2. The number of carbonyl (C=O) groups is 3. The van der Waals surface area contributed by atoms with Gasteiger partial charge < -0.3 is 14.4 Å². The molecule has 31 heavy (non-hydrogen) atoms. The number of esters is 1. The summed E-state index contributed by atoms with van der Waals surface area (Å²) < 4.78 is 10.9. The maximum atomic E-state index is 12.5. The average molecular weight is 415 g/mol. The number of likely N-dealkylation sites (N-methyl/N-ethyl adjacent to an activating group) is 1. The van der Waals surface area contributed by atoms with Crippen LogP contribution >= 0.6 is 0 Å². The molecule has 0 fully saturated rings. The van der Waals surface area contributed by atoms with Crippen LogP contribution in [0.15, 0.2) is 72.8 Å². The Morgan fingerprint density at radius 1 is 0.935 bits per heavy atom. The molecule has 0 spiro atoms. The zero-order chi connectivity index (χ0) is 21.8. The van der Waals surface area contributed by atoms with Crippen LogP contribution in [0.5, 0.6) is 5.75 Å². The topological polar surface area (TPSA) is 72.9 Å². The van der Waals surface area contributed by atoms with E-state index in [0.717, 1.165) is 16.8 Å². The second-order valence-electron chi connectivity index (χ2n) is 7.27. The van der Waals surface area contributed by atoms with Gasteiger partial charge in [0.15, 0.2) is 12.4 Å². The first-order valence-corrected chi connectivity index (χ1v) is 9.88. The zero-order valence-corrected chi connectivity index (χ0v) is 17.0. The van der Waals surface area contributed by atoms with E-state index in [1.807, 2.05) is 30.3 Å². The zero-order valence-electron chi connectivity index (χ0n) is 17.0. The summed E-state index contributed by atoms with van der Waals surface area (Å²) in [6, 6.07) is 21.4. The van der Waals surface area contributed by atoms with E-state index in [-0.39, 0.29) is 24.7 Å². The van der Waals surface area contributed by atoms with Gasteiger partial charge in [0.1, 0.15) is 12.4 Å². The van der Waals surface area contributed by atoms with E-state index >= 15 is 0 Å². The Hall–Kier alpha value is -3.93. The van der Waals surface area contributed by atoms with Crippen LogP contribution in [0.4, 0.5) is 5.69 Å². The third-order valence-electron chi connectivity index (χ3n) is 5.13. The number of anilines is 1. The molecule has 6 nitrogen and oxygen atoms in total. The highest BCUT2D eigenvalue weighted by atomic mass is 16.5. The number of hydrogen-bond donors (Lipinski definition) is 0. The van der Waals surface area contributed by atoms with Crippen LogP contribution in [0, 0.1) is 0 Å². The fourth-order valence-corrected chi connectivity index (χ4v) is 3.40. The number of Topliss-reactive ketones (excluding diaryl/α,β-unsaturated/α-hetero) is 1. The second kappa shape index (κ2) is 8.83. The number of rotatable bonds is 7. The van der Waals surface area contributed by atoms with Crippen molar-refractivity contribution in [1.29, 1.82) is 0 Å². The van der Waals surface area contributed by atoms with Crippen molar-refractivity contribution in [2.24, 2.45) is 0 Å². The summed E-state index contributed by atoms with van der Waals surface area (Å²) in [6.07, 6.45) is 0.266. The summed E-state index contributed by atoms with van der Waals surface area (Å²) >= 11 is 0. The molecule has 1 heterocycles. The van der Waals surface area contributed by atoms with Gasteiger partial charge in [-0.3, -0.25) is 9.59 Å². The van der Waals surface area contributed by atoms with E-state index in [1.165, 1.54) is 0 Å². The predicted molar refractivity (Wildman–Crippen MR) is 115 cm³/mol. The normalized spacial score (nSPS) is 12.4. The number of benzene rings is 3. The van der Waals surface area contributed by atoms with E-state index in [1.54, 1.807) is 54.4 Å². The van der Waals surface area contributed by atoms with E-state index in [2.05, 4.69) is 0 Å². The lowest BCUT2D eigenvalue weighted by Gasteiger charge is -2.10.